The summed E-state index contributed by atoms with van der Waals surface area (Å²) in [6, 6.07) is 27.0. The van der Waals surface area contributed by atoms with Crippen LogP contribution in [0.1, 0.15) is 12.7 Å². The molecule has 0 saturated carbocycles. The van der Waals surface area contributed by atoms with Gasteiger partial charge in [0.2, 0.25) is 5.71 Å². The highest BCUT2D eigenvalue weighted by molar-refractivity contribution is 6.10. The van der Waals surface area contributed by atoms with Crippen molar-refractivity contribution in [3.05, 3.63) is 84.7 Å². The van der Waals surface area contributed by atoms with E-state index in [0.717, 1.165) is 39.9 Å². The summed E-state index contributed by atoms with van der Waals surface area (Å²) in [7, 11) is 0. The van der Waals surface area contributed by atoms with Gasteiger partial charge in [-0.15, -0.1) is 0 Å². The minimum atomic E-state index is 0.656. The Morgan fingerprint density at radius 2 is 1.48 bits per heavy atom. The number of fused-ring (bicyclic) bond motifs is 3. The molecule has 5 aromatic rings. The van der Waals surface area contributed by atoms with Crippen molar-refractivity contribution in [1.29, 1.82) is 0 Å². The number of nitrogens with zero attached hydrogens (tertiary/aromatic N) is 2. The quantitative estimate of drug-likeness (QED) is 0.385. The van der Waals surface area contributed by atoms with Gasteiger partial charge >= 0.3 is 0 Å². The highest BCUT2D eigenvalue weighted by Gasteiger charge is 2.16. The third-order valence-electron chi connectivity index (χ3n) is 4.84. The summed E-state index contributed by atoms with van der Waals surface area (Å²) in [5.74, 6) is 0.793. The fourth-order valence-electron chi connectivity index (χ4n) is 3.51. The molecule has 0 bridgehead atoms. The molecule has 0 aliphatic rings. The van der Waals surface area contributed by atoms with Crippen LogP contribution in [0.3, 0.4) is 0 Å². The van der Waals surface area contributed by atoms with E-state index in [-0.39, 0.29) is 0 Å². The molecule has 0 N–H and O–H groups in total. The van der Waals surface area contributed by atoms with Crippen molar-refractivity contribution >= 4 is 22.1 Å². The van der Waals surface area contributed by atoms with Crippen molar-refractivity contribution < 1.29 is 4.42 Å². The first-order chi connectivity index (χ1) is 13.3. The Kier molecular flexibility index (Phi) is 3.72. The third-order valence-corrected chi connectivity index (χ3v) is 4.84. The fourth-order valence-corrected chi connectivity index (χ4v) is 3.51. The van der Waals surface area contributed by atoms with Gasteiger partial charge in [0.05, 0.1) is 11.1 Å². The maximum atomic E-state index is 6.02. The largest absolute Gasteiger partial charge is 0.438 e. The second-order valence-corrected chi connectivity index (χ2v) is 6.57. The van der Waals surface area contributed by atoms with Gasteiger partial charge in [-0.3, -0.25) is 0 Å². The van der Waals surface area contributed by atoms with Gasteiger partial charge in [0, 0.05) is 17.4 Å². The molecule has 0 amide bonds. The number of hydrogen-bond donors (Lipinski definition) is 0. The van der Waals surface area contributed by atoms with Crippen molar-refractivity contribution in [2.75, 3.05) is 0 Å². The van der Waals surface area contributed by atoms with E-state index < -0.39 is 0 Å². The van der Waals surface area contributed by atoms with E-state index in [1.165, 1.54) is 11.1 Å². The van der Waals surface area contributed by atoms with Crippen molar-refractivity contribution in [3.8, 4) is 22.4 Å². The lowest BCUT2D eigenvalue weighted by Crippen LogP contribution is -1.96. The summed E-state index contributed by atoms with van der Waals surface area (Å²) in [5, 5.41) is 2.03. The normalized spacial score (nSPS) is 11.3. The maximum Gasteiger partial charge on any atom is 0.231 e. The van der Waals surface area contributed by atoms with Gasteiger partial charge in [-0.25, -0.2) is 4.98 Å². The molecule has 0 spiro atoms. The van der Waals surface area contributed by atoms with Crippen molar-refractivity contribution in [3.63, 3.8) is 0 Å². The minimum Gasteiger partial charge on any atom is -0.438 e. The minimum absolute atomic E-state index is 0.656. The van der Waals surface area contributed by atoms with E-state index in [9.17, 15) is 0 Å². The molecule has 0 unspecified atom stereocenters. The Bertz CT molecular complexity index is 1260. The van der Waals surface area contributed by atoms with Crippen LogP contribution in [-0.4, -0.2) is 9.97 Å². The molecule has 2 aromatic heterocycles. The Morgan fingerprint density at radius 3 is 2.33 bits per heavy atom. The van der Waals surface area contributed by atoms with E-state index in [0.29, 0.717) is 5.71 Å². The first kappa shape index (κ1) is 15.8. The fraction of sp³-hybridized carbons (Fsp3) is 0.0833. The summed E-state index contributed by atoms with van der Waals surface area (Å²) < 4.78 is 6.02. The molecule has 0 radical (unpaired) electrons. The predicted octanol–water partition coefficient (Wildman–Crippen LogP) is 6.27. The van der Waals surface area contributed by atoms with Crippen molar-refractivity contribution in [1.82, 2.24) is 9.97 Å². The van der Waals surface area contributed by atoms with Gasteiger partial charge < -0.3 is 4.42 Å². The van der Waals surface area contributed by atoms with Gasteiger partial charge in [-0.1, -0.05) is 73.7 Å². The zero-order valence-corrected chi connectivity index (χ0v) is 15.0. The Labute approximate surface area is 157 Å². The SMILES string of the molecule is CCc1nc(-c2cccc(-c3ccccc3)c2)c2c(n1)oc1ccccc12. The molecule has 0 atom stereocenters. The lowest BCUT2D eigenvalue weighted by Gasteiger charge is -2.08. The summed E-state index contributed by atoms with van der Waals surface area (Å²) in [6.07, 6.45) is 0.762. The summed E-state index contributed by atoms with van der Waals surface area (Å²) in [5.41, 5.74) is 5.87. The molecule has 0 aliphatic heterocycles. The highest BCUT2D eigenvalue weighted by atomic mass is 16.3. The monoisotopic (exact) mass is 350 g/mol. The number of furan rings is 1. The Balaban J connectivity index is 1.80. The number of rotatable bonds is 3. The van der Waals surface area contributed by atoms with Crippen LogP contribution in [0.4, 0.5) is 0 Å². The van der Waals surface area contributed by atoms with Crippen LogP contribution in [-0.2, 0) is 6.42 Å². The average molecular weight is 350 g/mol. The standard InChI is InChI=1S/C24H18N2O/c1-2-21-25-23(22-19-13-6-7-14-20(19)27-24(22)26-21)18-12-8-11-17(15-18)16-9-4-3-5-10-16/h3-15H,2H2,1H3. The highest BCUT2D eigenvalue weighted by Crippen LogP contribution is 2.35. The molecule has 0 fully saturated rings. The maximum absolute atomic E-state index is 6.02. The first-order valence-corrected chi connectivity index (χ1v) is 9.17. The van der Waals surface area contributed by atoms with Gasteiger partial charge in [0.15, 0.2) is 0 Å². The number of benzene rings is 3. The summed E-state index contributed by atoms with van der Waals surface area (Å²) in [4.78, 5) is 9.50. The average Bonchev–Trinajstić information content (AvgIpc) is 3.12. The van der Waals surface area contributed by atoms with Crippen molar-refractivity contribution in [2.45, 2.75) is 13.3 Å². The molecule has 3 heteroatoms. The number of hydrogen-bond acceptors (Lipinski definition) is 3. The topological polar surface area (TPSA) is 38.9 Å². The Hall–Kier alpha value is -3.46. The predicted molar refractivity (Wildman–Crippen MR) is 110 cm³/mol. The van der Waals surface area contributed by atoms with Gasteiger partial charge in [-0.05, 0) is 23.3 Å². The van der Waals surface area contributed by atoms with Gasteiger partial charge in [-0.2, -0.15) is 4.98 Å². The second kappa shape index (κ2) is 6.36. The molecule has 2 heterocycles. The number of para-hydroxylation sites is 1. The zero-order chi connectivity index (χ0) is 18.2. The van der Waals surface area contributed by atoms with E-state index in [2.05, 4.69) is 66.5 Å². The number of aryl methyl sites for hydroxylation is 1. The third kappa shape index (κ3) is 2.68. The van der Waals surface area contributed by atoms with E-state index in [4.69, 9.17) is 9.40 Å². The number of aromatic nitrogens is 2. The molecule has 5 rings (SSSR count). The van der Waals surface area contributed by atoms with Crippen LogP contribution in [0.5, 0.6) is 0 Å². The second-order valence-electron chi connectivity index (χ2n) is 6.57. The smallest absolute Gasteiger partial charge is 0.231 e. The van der Waals surface area contributed by atoms with Crippen LogP contribution in [0.2, 0.25) is 0 Å². The Morgan fingerprint density at radius 1 is 0.741 bits per heavy atom. The van der Waals surface area contributed by atoms with Crippen LogP contribution < -0.4 is 0 Å². The van der Waals surface area contributed by atoms with Crippen LogP contribution in [0.15, 0.2) is 83.3 Å². The molecule has 3 nitrogen and oxygen atoms in total. The lowest BCUT2D eigenvalue weighted by atomic mass is 10.00. The molecular weight excluding hydrogens is 332 g/mol. The first-order valence-electron chi connectivity index (χ1n) is 9.17. The van der Waals surface area contributed by atoms with E-state index >= 15 is 0 Å². The van der Waals surface area contributed by atoms with E-state index in [1.807, 2.05) is 24.3 Å². The molecular formula is C24H18N2O. The zero-order valence-electron chi connectivity index (χ0n) is 15.0. The molecule has 3 aromatic carbocycles. The van der Waals surface area contributed by atoms with Crippen molar-refractivity contribution in [2.24, 2.45) is 0 Å². The van der Waals surface area contributed by atoms with Crippen LogP contribution >= 0.6 is 0 Å². The molecule has 27 heavy (non-hydrogen) atoms. The molecule has 0 saturated heterocycles. The van der Waals surface area contributed by atoms with Crippen LogP contribution in [0.25, 0.3) is 44.5 Å². The molecule has 130 valence electrons. The van der Waals surface area contributed by atoms with E-state index in [1.54, 1.807) is 0 Å². The van der Waals surface area contributed by atoms with Gasteiger partial charge in [0.1, 0.15) is 11.4 Å². The van der Waals surface area contributed by atoms with Gasteiger partial charge in [0.25, 0.3) is 0 Å². The van der Waals surface area contributed by atoms with Crippen LogP contribution in [0, 0.1) is 0 Å². The lowest BCUT2D eigenvalue weighted by molar-refractivity contribution is 0.649. The summed E-state index contributed by atoms with van der Waals surface area (Å²) in [6.45, 7) is 2.06. The molecule has 0 aliphatic carbocycles. The summed E-state index contributed by atoms with van der Waals surface area (Å²) >= 11 is 0.